The minimum absolute atomic E-state index is 0.218. The number of hydrogen-bond donors (Lipinski definition) is 1. The van der Waals surface area contributed by atoms with Crippen molar-refractivity contribution in [3.05, 3.63) is 74.5 Å². The lowest BCUT2D eigenvalue weighted by atomic mass is 9.76. The van der Waals surface area contributed by atoms with Gasteiger partial charge in [-0.15, -0.1) is 0 Å². The van der Waals surface area contributed by atoms with Gasteiger partial charge in [0.2, 0.25) is 17.7 Å². The molecule has 2 aliphatic heterocycles. The maximum absolute atomic E-state index is 13.4. The second-order valence-electron chi connectivity index (χ2n) is 9.41. The zero-order chi connectivity index (χ0) is 27.6. The van der Waals surface area contributed by atoms with Crippen molar-refractivity contribution >= 4 is 52.2 Å². The second-order valence-corrected chi connectivity index (χ2v) is 11.5. The van der Waals surface area contributed by atoms with Crippen LogP contribution < -0.4 is 15.1 Å². The second kappa shape index (κ2) is 9.09. The first-order valence-electron chi connectivity index (χ1n) is 11.3. The van der Waals surface area contributed by atoms with Gasteiger partial charge in [0.1, 0.15) is 17.6 Å². The maximum Gasteiger partial charge on any atom is 0.418 e. The molecule has 2 aliphatic rings. The number of imide groups is 1. The van der Waals surface area contributed by atoms with Crippen LogP contribution in [0.25, 0.3) is 0 Å². The predicted octanol–water partition coefficient (Wildman–Crippen LogP) is 4.65. The number of carbonyl (C=O) groups is 3. The van der Waals surface area contributed by atoms with E-state index in [4.69, 9.17) is 0 Å². The summed E-state index contributed by atoms with van der Waals surface area (Å²) in [4.78, 5) is 53.4. The summed E-state index contributed by atoms with van der Waals surface area (Å²) in [5, 5.41) is 1.62. The molecule has 1 fully saturated rings. The highest BCUT2D eigenvalue weighted by Gasteiger charge is 2.59. The molecule has 0 spiro atoms. The number of nitrogens with zero attached hydrogens (tertiary/aromatic N) is 2. The van der Waals surface area contributed by atoms with E-state index in [1.54, 1.807) is 13.8 Å². The van der Waals surface area contributed by atoms with E-state index in [2.05, 4.69) is 5.32 Å². The molecule has 0 radical (unpaired) electrons. The van der Waals surface area contributed by atoms with E-state index in [9.17, 15) is 36.7 Å². The predicted molar refractivity (Wildman–Crippen MR) is 134 cm³/mol. The van der Waals surface area contributed by atoms with Crippen molar-refractivity contribution in [1.29, 1.82) is 0 Å². The molecular weight excluding hydrogens is 546 g/mol. The lowest BCUT2D eigenvalue weighted by molar-refractivity contribution is -0.137. The van der Waals surface area contributed by atoms with Gasteiger partial charge in [0.25, 0.3) is 0 Å². The zero-order valence-electron chi connectivity index (χ0n) is 19.8. The monoisotopic (exact) mass is 565 g/mol. The van der Waals surface area contributed by atoms with Gasteiger partial charge < -0.3 is 5.32 Å². The van der Waals surface area contributed by atoms with Gasteiger partial charge in [0.15, 0.2) is 0 Å². The van der Waals surface area contributed by atoms with E-state index in [1.807, 2.05) is 0 Å². The Labute approximate surface area is 221 Å². The summed E-state index contributed by atoms with van der Waals surface area (Å²) in [5.74, 6) is -3.22. The Morgan fingerprint density at radius 2 is 1.68 bits per heavy atom. The molecule has 1 N–H and O–H groups in total. The highest BCUT2D eigenvalue weighted by Crippen LogP contribution is 2.54. The largest absolute Gasteiger partial charge is 0.418 e. The molecule has 3 aromatic rings. The van der Waals surface area contributed by atoms with Crippen molar-refractivity contribution < 1.29 is 31.9 Å². The molecule has 3 amide bonds. The van der Waals surface area contributed by atoms with Crippen molar-refractivity contribution in [1.82, 2.24) is 4.57 Å². The highest BCUT2D eigenvalue weighted by molar-refractivity contribution is 8.00. The van der Waals surface area contributed by atoms with E-state index in [0.717, 1.165) is 56.8 Å². The number of carbonyl (C=O) groups excluding carboxylic acids is 3. The molecule has 0 bridgehead atoms. The van der Waals surface area contributed by atoms with Crippen LogP contribution in [0, 0.1) is 11.7 Å². The fourth-order valence-corrected chi connectivity index (χ4v) is 7.82. The quantitative estimate of drug-likeness (QED) is 0.368. The van der Waals surface area contributed by atoms with Crippen LogP contribution >= 0.6 is 23.1 Å². The topological polar surface area (TPSA) is 88.5 Å². The number of para-hydroxylation sites is 1. The van der Waals surface area contributed by atoms with E-state index >= 15 is 0 Å². The summed E-state index contributed by atoms with van der Waals surface area (Å²) in [6, 6.07) is 9.43. The zero-order valence-corrected chi connectivity index (χ0v) is 21.5. The molecule has 198 valence electrons. The number of fused-ring (bicyclic) bond motifs is 2. The molecule has 13 heteroatoms. The number of thioether (sulfide) groups is 1. The number of alkyl halides is 3. The van der Waals surface area contributed by atoms with Crippen molar-refractivity contribution in [2.45, 2.75) is 42.3 Å². The summed E-state index contributed by atoms with van der Waals surface area (Å²) < 4.78 is 54.5. The van der Waals surface area contributed by atoms with Crippen LogP contribution in [0.15, 0.2) is 58.4 Å². The Kier molecular flexibility index (Phi) is 6.26. The number of thiazole rings is 1. The lowest BCUT2D eigenvalue weighted by Gasteiger charge is -2.36. The van der Waals surface area contributed by atoms with Crippen molar-refractivity contribution in [2.24, 2.45) is 5.92 Å². The van der Waals surface area contributed by atoms with E-state index in [1.165, 1.54) is 24.3 Å². The minimum Gasteiger partial charge on any atom is -0.324 e. The summed E-state index contributed by atoms with van der Waals surface area (Å²) >= 11 is 1.80. The molecule has 3 heterocycles. The SMILES string of the molecule is CC1(C)c2sc(=O)n(CC(=O)Nc3ccccc3C(F)(F)F)c2S[C@@H]2C(=O)N(c3ccc(F)cc3)C(=O)[C@@H]21. The van der Waals surface area contributed by atoms with Gasteiger partial charge in [-0.2, -0.15) is 13.2 Å². The number of nitrogens with one attached hydrogen (secondary N) is 1. The lowest BCUT2D eigenvalue weighted by Crippen LogP contribution is -2.42. The first kappa shape index (κ1) is 26.2. The Hall–Kier alpha value is -3.45. The van der Waals surface area contributed by atoms with Gasteiger partial charge in [-0.3, -0.25) is 23.7 Å². The van der Waals surface area contributed by atoms with Crippen molar-refractivity contribution in [3.63, 3.8) is 0 Å². The third-order valence-electron chi connectivity index (χ3n) is 6.60. The first-order valence-corrected chi connectivity index (χ1v) is 13.0. The fourth-order valence-electron chi connectivity index (χ4n) is 4.78. The normalized spacial score (nSPS) is 20.3. The van der Waals surface area contributed by atoms with Gasteiger partial charge in [0.05, 0.1) is 27.9 Å². The maximum atomic E-state index is 13.4. The minimum atomic E-state index is -4.69. The van der Waals surface area contributed by atoms with Gasteiger partial charge in [-0.1, -0.05) is 49.1 Å². The van der Waals surface area contributed by atoms with Gasteiger partial charge in [0, 0.05) is 10.3 Å². The average Bonchev–Trinajstić information content (AvgIpc) is 3.28. The number of anilines is 2. The molecule has 2 aromatic carbocycles. The van der Waals surface area contributed by atoms with Crippen LogP contribution in [-0.2, 0) is 32.5 Å². The summed E-state index contributed by atoms with van der Waals surface area (Å²) in [7, 11) is 0. The Bertz CT molecular complexity index is 1530. The van der Waals surface area contributed by atoms with Crippen LogP contribution in [-0.4, -0.2) is 27.5 Å². The van der Waals surface area contributed by atoms with Gasteiger partial charge >= 0.3 is 11.0 Å². The molecule has 5 rings (SSSR count). The molecule has 1 aromatic heterocycles. The van der Waals surface area contributed by atoms with Crippen LogP contribution in [0.1, 0.15) is 24.3 Å². The van der Waals surface area contributed by atoms with Crippen LogP contribution in [0.3, 0.4) is 0 Å². The highest BCUT2D eigenvalue weighted by atomic mass is 32.2. The standard InChI is InChI=1S/C25H19F4N3O4S2/c1-24(2)17-18(21(35)32(20(17)34)13-9-7-12(26)8-10-13)37-22-19(24)38-23(36)31(22)11-16(33)30-15-6-4-3-5-14(15)25(27,28)29/h3-10,17-18H,11H2,1-2H3,(H,30,33)/t17-,18+/m1/s1. The number of aromatic nitrogens is 1. The van der Waals surface area contributed by atoms with Crippen LogP contribution in [0.2, 0.25) is 0 Å². The third kappa shape index (κ3) is 4.23. The Balaban J connectivity index is 1.46. The van der Waals surface area contributed by atoms with Gasteiger partial charge in [-0.25, -0.2) is 9.29 Å². The molecular formula is C25H19F4N3O4S2. The molecule has 0 saturated carbocycles. The number of benzene rings is 2. The number of rotatable bonds is 4. The smallest absolute Gasteiger partial charge is 0.324 e. The van der Waals surface area contributed by atoms with E-state index < -0.39 is 69.0 Å². The van der Waals surface area contributed by atoms with Crippen LogP contribution in [0.5, 0.6) is 0 Å². The molecule has 0 aliphatic carbocycles. The van der Waals surface area contributed by atoms with E-state index in [0.29, 0.717) is 9.90 Å². The van der Waals surface area contributed by atoms with Gasteiger partial charge in [-0.05, 0) is 36.4 Å². The molecule has 1 saturated heterocycles. The third-order valence-corrected chi connectivity index (χ3v) is 9.42. The van der Waals surface area contributed by atoms with E-state index in [-0.39, 0.29) is 5.69 Å². The fraction of sp³-hybridized carbons (Fsp3) is 0.280. The number of halogens is 4. The van der Waals surface area contributed by atoms with Crippen molar-refractivity contribution in [2.75, 3.05) is 10.2 Å². The Morgan fingerprint density at radius 1 is 1.03 bits per heavy atom. The molecule has 2 atom stereocenters. The summed E-state index contributed by atoms with van der Waals surface area (Å²) in [6.07, 6.45) is -4.69. The Morgan fingerprint density at radius 3 is 2.34 bits per heavy atom. The number of amides is 3. The number of hydrogen-bond acceptors (Lipinski definition) is 6. The average molecular weight is 566 g/mol. The van der Waals surface area contributed by atoms with Crippen LogP contribution in [0.4, 0.5) is 28.9 Å². The first-order chi connectivity index (χ1) is 17.8. The molecule has 7 nitrogen and oxygen atoms in total. The summed E-state index contributed by atoms with van der Waals surface area (Å²) in [5.41, 5.74) is -2.22. The molecule has 38 heavy (non-hydrogen) atoms. The molecule has 0 unspecified atom stereocenters. The summed E-state index contributed by atoms with van der Waals surface area (Å²) in [6.45, 7) is 2.87. The van der Waals surface area contributed by atoms with Crippen molar-refractivity contribution in [3.8, 4) is 0 Å².